The summed E-state index contributed by atoms with van der Waals surface area (Å²) in [5.74, 6) is -0.601. The van der Waals surface area contributed by atoms with Crippen molar-refractivity contribution < 1.29 is 14.3 Å². The predicted octanol–water partition coefficient (Wildman–Crippen LogP) is -1.79. The Kier molecular flexibility index (Phi) is 6.69. The van der Waals surface area contributed by atoms with Gasteiger partial charge in [-0.15, -0.1) is 0 Å². The first-order valence-electron chi connectivity index (χ1n) is 4.35. The van der Waals surface area contributed by atoms with E-state index in [1.165, 1.54) is 0 Å². The topological polar surface area (TPSA) is 93.5 Å². The quantitative estimate of drug-likeness (QED) is 0.475. The largest absolute Gasteiger partial charge is 0.383 e. The lowest BCUT2D eigenvalue weighted by atomic mass is 10.3. The van der Waals surface area contributed by atoms with Crippen LogP contribution in [-0.2, 0) is 14.3 Å². The molecule has 82 valence electrons. The number of ether oxygens (including phenoxy) is 1. The molecule has 0 bridgehead atoms. The third-order valence-corrected chi connectivity index (χ3v) is 1.46. The standard InChI is InChI=1S/C8H17N3O3/c1-6(5-14-2)11-8(13)4-10-7(12)3-9/h6H,3-5,9H2,1-2H3,(H,10,12)(H,11,13). The van der Waals surface area contributed by atoms with Gasteiger partial charge in [-0.3, -0.25) is 9.59 Å². The van der Waals surface area contributed by atoms with Gasteiger partial charge in [0, 0.05) is 13.2 Å². The molecular weight excluding hydrogens is 186 g/mol. The smallest absolute Gasteiger partial charge is 0.239 e. The van der Waals surface area contributed by atoms with Crippen LogP contribution in [0.15, 0.2) is 0 Å². The maximum Gasteiger partial charge on any atom is 0.239 e. The molecule has 4 N–H and O–H groups in total. The Morgan fingerprint density at radius 3 is 2.57 bits per heavy atom. The number of carbonyl (C=O) groups excluding carboxylic acids is 2. The minimum absolute atomic E-state index is 0.0515. The highest BCUT2D eigenvalue weighted by molar-refractivity contribution is 5.85. The molecule has 0 saturated carbocycles. The monoisotopic (exact) mass is 203 g/mol. The van der Waals surface area contributed by atoms with Crippen molar-refractivity contribution in [2.75, 3.05) is 26.8 Å². The van der Waals surface area contributed by atoms with E-state index in [-0.39, 0.29) is 30.9 Å². The first-order chi connectivity index (χ1) is 6.60. The molecule has 6 heteroatoms. The molecule has 2 amide bonds. The molecule has 0 radical (unpaired) electrons. The van der Waals surface area contributed by atoms with E-state index in [1.54, 1.807) is 7.11 Å². The molecule has 0 saturated heterocycles. The first kappa shape index (κ1) is 12.9. The van der Waals surface area contributed by atoms with Gasteiger partial charge in [-0.1, -0.05) is 0 Å². The zero-order valence-electron chi connectivity index (χ0n) is 8.50. The Morgan fingerprint density at radius 1 is 1.43 bits per heavy atom. The van der Waals surface area contributed by atoms with Crippen LogP contribution in [0.4, 0.5) is 0 Å². The fraction of sp³-hybridized carbons (Fsp3) is 0.750. The number of rotatable bonds is 6. The summed E-state index contributed by atoms with van der Waals surface area (Å²) in [5.41, 5.74) is 5.04. The highest BCUT2D eigenvalue weighted by Crippen LogP contribution is 1.81. The lowest BCUT2D eigenvalue weighted by molar-refractivity contribution is -0.125. The Balaban J connectivity index is 3.59. The number of nitrogens with two attached hydrogens (primary N) is 1. The van der Waals surface area contributed by atoms with E-state index in [9.17, 15) is 9.59 Å². The Bertz CT molecular complexity index is 196. The molecule has 1 unspecified atom stereocenters. The van der Waals surface area contributed by atoms with Crippen molar-refractivity contribution in [3.8, 4) is 0 Å². The summed E-state index contributed by atoms with van der Waals surface area (Å²) in [6.07, 6.45) is 0. The van der Waals surface area contributed by atoms with Gasteiger partial charge < -0.3 is 21.1 Å². The van der Waals surface area contributed by atoms with Crippen LogP contribution in [0.3, 0.4) is 0 Å². The van der Waals surface area contributed by atoms with Gasteiger partial charge in [-0.2, -0.15) is 0 Å². The molecule has 0 aromatic heterocycles. The lowest BCUT2D eigenvalue weighted by Crippen LogP contribution is -2.43. The van der Waals surface area contributed by atoms with E-state index in [4.69, 9.17) is 10.5 Å². The van der Waals surface area contributed by atoms with Gasteiger partial charge in [0.2, 0.25) is 11.8 Å². The van der Waals surface area contributed by atoms with E-state index < -0.39 is 0 Å². The molecule has 0 heterocycles. The molecular formula is C8H17N3O3. The number of hydrogen-bond donors (Lipinski definition) is 3. The van der Waals surface area contributed by atoms with E-state index in [2.05, 4.69) is 10.6 Å². The molecule has 0 aliphatic heterocycles. The van der Waals surface area contributed by atoms with Gasteiger partial charge >= 0.3 is 0 Å². The fourth-order valence-corrected chi connectivity index (χ4v) is 0.869. The molecule has 14 heavy (non-hydrogen) atoms. The van der Waals surface area contributed by atoms with Crippen molar-refractivity contribution in [3.05, 3.63) is 0 Å². The van der Waals surface area contributed by atoms with Crippen molar-refractivity contribution in [2.45, 2.75) is 13.0 Å². The van der Waals surface area contributed by atoms with Crippen LogP contribution in [0, 0.1) is 0 Å². The van der Waals surface area contributed by atoms with E-state index in [1.807, 2.05) is 6.92 Å². The van der Waals surface area contributed by atoms with Crippen LogP contribution in [0.2, 0.25) is 0 Å². The molecule has 0 spiro atoms. The molecule has 0 aliphatic carbocycles. The van der Waals surface area contributed by atoms with Crippen molar-refractivity contribution in [1.82, 2.24) is 10.6 Å². The zero-order chi connectivity index (χ0) is 11.0. The average Bonchev–Trinajstić information content (AvgIpc) is 2.14. The molecule has 0 rings (SSSR count). The average molecular weight is 203 g/mol. The van der Waals surface area contributed by atoms with Crippen LogP contribution in [0.1, 0.15) is 6.92 Å². The maximum atomic E-state index is 11.1. The summed E-state index contributed by atoms with van der Waals surface area (Å²) in [6, 6.07) is -0.0673. The minimum atomic E-state index is -0.348. The second kappa shape index (κ2) is 7.28. The number of carbonyl (C=O) groups is 2. The molecule has 0 fully saturated rings. The van der Waals surface area contributed by atoms with Gasteiger partial charge in [0.25, 0.3) is 0 Å². The van der Waals surface area contributed by atoms with Gasteiger partial charge in [0.1, 0.15) is 0 Å². The van der Waals surface area contributed by atoms with E-state index in [0.29, 0.717) is 6.61 Å². The predicted molar refractivity (Wildman–Crippen MR) is 51.5 cm³/mol. The SMILES string of the molecule is COCC(C)NC(=O)CNC(=O)CN. The van der Waals surface area contributed by atoms with Crippen molar-refractivity contribution >= 4 is 11.8 Å². The molecule has 0 aromatic rings. The number of methoxy groups -OCH3 is 1. The number of amides is 2. The third-order valence-electron chi connectivity index (χ3n) is 1.46. The second-order valence-electron chi connectivity index (χ2n) is 2.90. The zero-order valence-corrected chi connectivity index (χ0v) is 8.50. The van der Waals surface area contributed by atoms with E-state index >= 15 is 0 Å². The van der Waals surface area contributed by atoms with Gasteiger partial charge in [-0.05, 0) is 6.92 Å². The number of nitrogens with one attached hydrogen (secondary N) is 2. The van der Waals surface area contributed by atoms with Crippen molar-refractivity contribution in [3.63, 3.8) is 0 Å². The lowest BCUT2D eigenvalue weighted by Gasteiger charge is -2.12. The second-order valence-corrected chi connectivity index (χ2v) is 2.90. The molecule has 1 atom stereocenters. The summed E-state index contributed by atoms with van der Waals surface area (Å²) in [7, 11) is 1.55. The summed E-state index contributed by atoms with van der Waals surface area (Å²) in [4.78, 5) is 21.8. The third kappa shape index (κ3) is 6.38. The van der Waals surface area contributed by atoms with Crippen molar-refractivity contribution in [1.29, 1.82) is 0 Å². The van der Waals surface area contributed by atoms with Gasteiger partial charge in [0.05, 0.1) is 19.7 Å². The fourth-order valence-electron chi connectivity index (χ4n) is 0.869. The Morgan fingerprint density at radius 2 is 2.07 bits per heavy atom. The maximum absolute atomic E-state index is 11.1. The summed E-state index contributed by atoms with van der Waals surface area (Å²) < 4.78 is 4.83. The highest BCUT2D eigenvalue weighted by atomic mass is 16.5. The van der Waals surface area contributed by atoms with Gasteiger partial charge in [0.15, 0.2) is 0 Å². The van der Waals surface area contributed by atoms with E-state index in [0.717, 1.165) is 0 Å². The van der Waals surface area contributed by atoms with Crippen LogP contribution in [-0.4, -0.2) is 44.7 Å². The van der Waals surface area contributed by atoms with Crippen molar-refractivity contribution in [2.24, 2.45) is 5.73 Å². The number of hydrogen-bond acceptors (Lipinski definition) is 4. The summed E-state index contributed by atoms with van der Waals surface area (Å²) in [5, 5.41) is 5.00. The Hall–Kier alpha value is -1.14. The first-order valence-corrected chi connectivity index (χ1v) is 4.35. The van der Waals surface area contributed by atoms with Gasteiger partial charge in [-0.25, -0.2) is 0 Å². The summed E-state index contributed by atoms with van der Waals surface area (Å²) in [6.45, 7) is 2.09. The Labute approximate surface area is 83.2 Å². The van der Waals surface area contributed by atoms with Crippen LogP contribution in [0.5, 0.6) is 0 Å². The normalized spacial score (nSPS) is 11.9. The molecule has 6 nitrogen and oxygen atoms in total. The molecule has 0 aromatic carbocycles. The van der Waals surface area contributed by atoms with Crippen LogP contribution in [0.25, 0.3) is 0 Å². The van der Waals surface area contributed by atoms with Crippen LogP contribution >= 0.6 is 0 Å². The molecule has 0 aliphatic rings. The highest BCUT2D eigenvalue weighted by Gasteiger charge is 2.07. The van der Waals surface area contributed by atoms with Crippen LogP contribution < -0.4 is 16.4 Å². The minimum Gasteiger partial charge on any atom is -0.383 e. The summed E-state index contributed by atoms with van der Waals surface area (Å²) >= 11 is 0.